The number of para-hydroxylation sites is 1. The number of hydrogen-bond acceptors (Lipinski definition) is 3. The van der Waals surface area contributed by atoms with Crippen LogP contribution < -0.4 is 10.1 Å². The van der Waals surface area contributed by atoms with Crippen LogP contribution in [0.5, 0.6) is 5.75 Å². The summed E-state index contributed by atoms with van der Waals surface area (Å²) in [6.45, 7) is 4.99. The highest BCUT2D eigenvalue weighted by Gasteiger charge is 2.07. The molecule has 4 nitrogen and oxygen atoms in total. The zero-order chi connectivity index (χ0) is 15.8. The first kappa shape index (κ1) is 16.0. The molecule has 0 aliphatic heterocycles. The number of pyridine rings is 1. The van der Waals surface area contributed by atoms with Gasteiger partial charge in [0.1, 0.15) is 5.75 Å². The fraction of sp³-hybridized carbons (Fsp3) is 0.333. The SMILES string of the molecule is CCOc1ccccc1CCC(=O)NCc1cccc(C)n1. The third kappa shape index (κ3) is 4.88. The number of carbonyl (C=O) groups excluding carboxylic acids is 1. The van der Waals surface area contributed by atoms with Gasteiger partial charge in [0.2, 0.25) is 5.91 Å². The highest BCUT2D eigenvalue weighted by atomic mass is 16.5. The summed E-state index contributed by atoms with van der Waals surface area (Å²) in [5.74, 6) is 0.882. The summed E-state index contributed by atoms with van der Waals surface area (Å²) in [5.41, 5.74) is 2.90. The number of aromatic nitrogens is 1. The summed E-state index contributed by atoms with van der Waals surface area (Å²) in [6.07, 6.45) is 1.11. The van der Waals surface area contributed by atoms with Crippen LogP contribution in [-0.4, -0.2) is 17.5 Å². The second kappa shape index (κ2) is 8.17. The van der Waals surface area contributed by atoms with E-state index in [1.54, 1.807) is 0 Å². The first-order valence-electron chi connectivity index (χ1n) is 7.59. The Morgan fingerprint density at radius 1 is 1.18 bits per heavy atom. The van der Waals surface area contributed by atoms with Gasteiger partial charge in [-0.3, -0.25) is 9.78 Å². The molecule has 4 heteroatoms. The van der Waals surface area contributed by atoms with Crippen LogP contribution in [0.4, 0.5) is 0 Å². The van der Waals surface area contributed by atoms with Crippen molar-refractivity contribution >= 4 is 5.91 Å². The fourth-order valence-corrected chi connectivity index (χ4v) is 2.23. The van der Waals surface area contributed by atoms with Crippen molar-refractivity contribution in [1.82, 2.24) is 10.3 Å². The van der Waals surface area contributed by atoms with Crippen LogP contribution in [0.15, 0.2) is 42.5 Å². The number of ether oxygens (including phenoxy) is 1. The molecule has 1 amide bonds. The van der Waals surface area contributed by atoms with E-state index >= 15 is 0 Å². The lowest BCUT2D eigenvalue weighted by atomic mass is 10.1. The highest BCUT2D eigenvalue weighted by molar-refractivity contribution is 5.76. The topological polar surface area (TPSA) is 51.2 Å². The van der Waals surface area contributed by atoms with Crippen molar-refractivity contribution < 1.29 is 9.53 Å². The molecule has 2 aromatic rings. The minimum atomic E-state index is 0.0228. The van der Waals surface area contributed by atoms with Gasteiger partial charge < -0.3 is 10.1 Å². The van der Waals surface area contributed by atoms with Crippen LogP contribution in [0.1, 0.15) is 30.3 Å². The fourth-order valence-electron chi connectivity index (χ4n) is 2.23. The molecule has 1 aromatic heterocycles. The van der Waals surface area contributed by atoms with Gasteiger partial charge in [0.25, 0.3) is 0 Å². The standard InChI is InChI=1S/C18H22N2O2/c1-3-22-17-10-5-4-8-15(17)11-12-18(21)19-13-16-9-6-7-14(2)20-16/h4-10H,3,11-13H2,1-2H3,(H,19,21). The van der Waals surface area contributed by atoms with Crippen LogP contribution in [0.3, 0.4) is 0 Å². The Hall–Kier alpha value is -2.36. The van der Waals surface area contributed by atoms with Gasteiger partial charge in [0, 0.05) is 12.1 Å². The van der Waals surface area contributed by atoms with Gasteiger partial charge in [-0.15, -0.1) is 0 Å². The molecular formula is C18H22N2O2. The Balaban J connectivity index is 1.83. The van der Waals surface area contributed by atoms with Crippen LogP contribution in [-0.2, 0) is 17.8 Å². The molecule has 0 bridgehead atoms. The van der Waals surface area contributed by atoms with E-state index in [0.717, 1.165) is 22.7 Å². The molecular weight excluding hydrogens is 276 g/mol. The van der Waals surface area contributed by atoms with E-state index in [9.17, 15) is 4.79 Å². The summed E-state index contributed by atoms with van der Waals surface area (Å²) >= 11 is 0. The molecule has 0 aliphatic carbocycles. The average molecular weight is 298 g/mol. The number of rotatable bonds is 7. The lowest BCUT2D eigenvalue weighted by Gasteiger charge is -2.10. The molecule has 0 radical (unpaired) electrons. The van der Waals surface area contributed by atoms with Gasteiger partial charge in [-0.05, 0) is 44.0 Å². The second-order valence-electron chi connectivity index (χ2n) is 5.09. The largest absolute Gasteiger partial charge is 0.494 e. The minimum absolute atomic E-state index is 0.0228. The molecule has 0 atom stereocenters. The third-order valence-electron chi connectivity index (χ3n) is 3.31. The molecule has 0 fully saturated rings. The Bertz CT molecular complexity index is 626. The molecule has 0 saturated heterocycles. The Kier molecular flexibility index (Phi) is 5.95. The van der Waals surface area contributed by atoms with E-state index in [1.807, 2.05) is 56.3 Å². The quantitative estimate of drug-likeness (QED) is 0.855. The lowest BCUT2D eigenvalue weighted by Crippen LogP contribution is -2.23. The summed E-state index contributed by atoms with van der Waals surface area (Å²) in [5, 5.41) is 2.91. The van der Waals surface area contributed by atoms with Gasteiger partial charge in [-0.2, -0.15) is 0 Å². The van der Waals surface area contributed by atoms with Gasteiger partial charge in [-0.1, -0.05) is 24.3 Å². The summed E-state index contributed by atoms with van der Waals surface area (Å²) in [7, 11) is 0. The normalized spacial score (nSPS) is 10.3. The van der Waals surface area contributed by atoms with Crippen molar-refractivity contribution in [3.05, 3.63) is 59.4 Å². The van der Waals surface area contributed by atoms with E-state index in [4.69, 9.17) is 4.74 Å². The first-order valence-corrected chi connectivity index (χ1v) is 7.59. The third-order valence-corrected chi connectivity index (χ3v) is 3.31. The van der Waals surface area contributed by atoms with Crippen molar-refractivity contribution in [1.29, 1.82) is 0 Å². The van der Waals surface area contributed by atoms with Crippen LogP contribution in [0.25, 0.3) is 0 Å². The predicted octanol–water partition coefficient (Wildman–Crippen LogP) is 3.04. The average Bonchev–Trinajstić information content (AvgIpc) is 2.52. The zero-order valence-electron chi connectivity index (χ0n) is 13.1. The number of nitrogens with one attached hydrogen (secondary N) is 1. The van der Waals surface area contributed by atoms with Crippen LogP contribution in [0, 0.1) is 6.92 Å². The van der Waals surface area contributed by atoms with Gasteiger partial charge >= 0.3 is 0 Å². The molecule has 1 aromatic carbocycles. The van der Waals surface area contributed by atoms with E-state index in [2.05, 4.69) is 10.3 Å². The molecule has 1 N–H and O–H groups in total. The maximum Gasteiger partial charge on any atom is 0.220 e. The van der Waals surface area contributed by atoms with Crippen LogP contribution >= 0.6 is 0 Å². The van der Waals surface area contributed by atoms with Crippen molar-refractivity contribution in [3.8, 4) is 5.75 Å². The second-order valence-corrected chi connectivity index (χ2v) is 5.09. The monoisotopic (exact) mass is 298 g/mol. The van der Waals surface area contributed by atoms with Crippen molar-refractivity contribution in [3.63, 3.8) is 0 Å². The molecule has 2 rings (SSSR count). The number of benzene rings is 1. The number of hydrogen-bond donors (Lipinski definition) is 1. The number of carbonyl (C=O) groups is 1. The van der Waals surface area contributed by atoms with Crippen LogP contribution in [0.2, 0.25) is 0 Å². The van der Waals surface area contributed by atoms with E-state index in [-0.39, 0.29) is 5.91 Å². The van der Waals surface area contributed by atoms with E-state index in [1.165, 1.54) is 0 Å². The summed E-state index contributed by atoms with van der Waals surface area (Å²) < 4.78 is 5.57. The molecule has 116 valence electrons. The maximum atomic E-state index is 12.0. The van der Waals surface area contributed by atoms with E-state index in [0.29, 0.717) is 26.0 Å². The van der Waals surface area contributed by atoms with Crippen molar-refractivity contribution in [2.75, 3.05) is 6.61 Å². The molecule has 22 heavy (non-hydrogen) atoms. The zero-order valence-corrected chi connectivity index (χ0v) is 13.1. The van der Waals surface area contributed by atoms with Gasteiger partial charge in [0.15, 0.2) is 0 Å². The smallest absolute Gasteiger partial charge is 0.220 e. The molecule has 0 spiro atoms. The number of amides is 1. The van der Waals surface area contributed by atoms with Gasteiger partial charge in [-0.25, -0.2) is 0 Å². The Morgan fingerprint density at radius 2 is 2.00 bits per heavy atom. The summed E-state index contributed by atoms with van der Waals surface area (Å²) in [4.78, 5) is 16.3. The van der Waals surface area contributed by atoms with E-state index < -0.39 is 0 Å². The molecule has 1 heterocycles. The van der Waals surface area contributed by atoms with Crippen molar-refractivity contribution in [2.45, 2.75) is 33.2 Å². The Morgan fingerprint density at radius 3 is 2.77 bits per heavy atom. The maximum absolute atomic E-state index is 12.0. The molecule has 0 unspecified atom stereocenters. The molecule has 0 saturated carbocycles. The minimum Gasteiger partial charge on any atom is -0.494 e. The number of aryl methyl sites for hydroxylation is 2. The predicted molar refractivity (Wildman–Crippen MR) is 86.8 cm³/mol. The lowest BCUT2D eigenvalue weighted by molar-refractivity contribution is -0.121. The van der Waals surface area contributed by atoms with Crippen molar-refractivity contribution in [2.24, 2.45) is 0 Å². The first-order chi connectivity index (χ1) is 10.7. The number of nitrogens with zero attached hydrogens (tertiary/aromatic N) is 1. The molecule has 0 aliphatic rings. The Labute approximate surface area is 131 Å². The van der Waals surface area contributed by atoms with Gasteiger partial charge in [0.05, 0.1) is 18.8 Å². The highest BCUT2D eigenvalue weighted by Crippen LogP contribution is 2.19. The summed E-state index contributed by atoms with van der Waals surface area (Å²) in [6, 6.07) is 13.6.